The van der Waals surface area contributed by atoms with Gasteiger partial charge in [-0.3, -0.25) is 4.79 Å². The summed E-state index contributed by atoms with van der Waals surface area (Å²) < 4.78 is 33.4. The monoisotopic (exact) mass is 319 g/mol. The second-order valence-corrected chi connectivity index (χ2v) is 7.21. The molecule has 1 unspecified atom stereocenters. The van der Waals surface area contributed by atoms with Gasteiger partial charge in [-0.1, -0.05) is 11.6 Å². The van der Waals surface area contributed by atoms with Gasteiger partial charge in [0.15, 0.2) is 21.3 Å². The maximum atomic E-state index is 11.9. The van der Waals surface area contributed by atoms with Gasteiger partial charge < -0.3 is 14.8 Å². The molecule has 1 aliphatic heterocycles. The molecule has 1 heterocycles. The normalized spacial score (nSPS) is 15.6. The first-order valence-corrected chi connectivity index (χ1v) is 8.21. The number of fused-ring (bicyclic) bond motifs is 1. The van der Waals surface area contributed by atoms with Crippen LogP contribution < -0.4 is 14.8 Å². The molecular formula is C12H14ClNO5S. The minimum absolute atomic E-state index is 0.253. The number of carbonyl (C=O) groups is 1. The zero-order valence-corrected chi connectivity index (χ0v) is 12.5. The number of halogens is 1. The first kappa shape index (κ1) is 14.9. The van der Waals surface area contributed by atoms with Gasteiger partial charge in [0.1, 0.15) is 18.5 Å². The maximum Gasteiger partial charge on any atom is 0.242 e. The second-order valence-electron chi connectivity index (χ2n) is 4.44. The number of hydrogen-bond acceptors (Lipinski definition) is 5. The average Bonchev–Trinajstić information content (AvgIpc) is 2.37. The van der Waals surface area contributed by atoms with Crippen LogP contribution in [0.25, 0.3) is 0 Å². The van der Waals surface area contributed by atoms with Crippen molar-refractivity contribution in [3.63, 3.8) is 0 Å². The lowest BCUT2D eigenvalue weighted by Crippen LogP contribution is -2.31. The van der Waals surface area contributed by atoms with Crippen LogP contribution in [0.5, 0.6) is 11.5 Å². The van der Waals surface area contributed by atoms with Gasteiger partial charge in [-0.15, -0.1) is 0 Å². The fraction of sp³-hybridized carbons (Fsp3) is 0.417. The van der Waals surface area contributed by atoms with E-state index in [-0.39, 0.29) is 10.7 Å². The summed E-state index contributed by atoms with van der Waals surface area (Å²) in [5, 5.41) is 1.57. The van der Waals surface area contributed by atoms with Crippen LogP contribution in [0.2, 0.25) is 5.02 Å². The summed E-state index contributed by atoms with van der Waals surface area (Å²) in [7, 11) is -3.46. The van der Waals surface area contributed by atoms with E-state index in [4.69, 9.17) is 21.1 Å². The van der Waals surface area contributed by atoms with Crippen molar-refractivity contribution in [1.29, 1.82) is 0 Å². The van der Waals surface area contributed by atoms with Crippen molar-refractivity contribution in [2.24, 2.45) is 0 Å². The van der Waals surface area contributed by atoms with Crippen LogP contribution in [-0.4, -0.2) is 39.0 Å². The van der Waals surface area contributed by atoms with Crippen molar-refractivity contribution >= 4 is 33.0 Å². The lowest BCUT2D eigenvalue weighted by atomic mass is 10.2. The van der Waals surface area contributed by atoms with Crippen LogP contribution in [0, 0.1) is 0 Å². The van der Waals surface area contributed by atoms with Gasteiger partial charge >= 0.3 is 0 Å². The van der Waals surface area contributed by atoms with Gasteiger partial charge in [-0.2, -0.15) is 0 Å². The summed E-state index contributed by atoms with van der Waals surface area (Å²) in [4.78, 5) is 11.9. The molecule has 110 valence electrons. The molecule has 0 radical (unpaired) electrons. The Labute approximate surface area is 121 Å². The van der Waals surface area contributed by atoms with Crippen LogP contribution in [0.1, 0.15) is 6.92 Å². The summed E-state index contributed by atoms with van der Waals surface area (Å²) in [6.07, 6.45) is 1.00. The highest BCUT2D eigenvalue weighted by Crippen LogP contribution is 2.38. The van der Waals surface area contributed by atoms with Crippen molar-refractivity contribution in [2.45, 2.75) is 12.2 Å². The van der Waals surface area contributed by atoms with Crippen molar-refractivity contribution < 1.29 is 22.7 Å². The molecule has 0 saturated heterocycles. The highest BCUT2D eigenvalue weighted by atomic mass is 35.5. The number of benzene rings is 1. The fourth-order valence-electron chi connectivity index (χ4n) is 1.59. The lowest BCUT2D eigenvalue weighted by Gasteiger charge is -2.20. The third-order valence-electron chi connectivity index (χ3n) is 2.90. The number of rotatable bonds is 3. The molecule has 6 nitrogen and oxygen atoms in total. The molecule has 1 amide bonds. The molecule has 0 spiro atoms. The zero-order valence-electron chi connectivity index (χ0n) is 11.0. The van der Waals surface area contributed by atoms with Crippen LogP contribution in [0.3, 0.4) is 0 Å². The van der Waals surface area contributed by atoms with Gasteiger partial charge in [-0.05, 0) is 6.92 Å². The van der Waals surface area contributed by atoms with E-state index in [0.29, 0.717) is 24.7 Å². The van der Waals surface area contributed by atoms with E-state index in [1.54, 1.807) is 0 Å². The van der Waals surface area contributed by atoms with Crippen molar-refractivity contribution in [3.8, 4) is 11.5 Å². The summed E-state index contributed by atoms with van der Waals surface area (Å²) in [5.41, 5.74) is 0.288. The minimum Gasteiger partial charge on any atom is -0.486 e. The van der Waals surface area contributed by atoms with Crippen molar-refractivity contribution in [3.05, 3.63) is 17.2 Å². The predicted molar refractivity (Wildman–Crippen MR) is 75.4 cm³/mol. The van der Waals surface area contributed by atoms with E-state index in [1.807, 2.05) is 0 Å². The highest BCUT2D eigenvalue weighted by molar-refractivity contribution is 7.92. The SMILES string of the molecule is CC(C(=O)Nc1cc2c(cc1Cl)OCCO2)S(C)(=O)=O. The molecule has 0 fully saturated rings. The van der Waals surface area contributed by atoms with E-state index in [9.17, 15) is 13.2 Å². The van der Waals surface area contributed by atoms with Gasteiger partial charge in [-0.25, -0.2) is 8.42 Å². The molecule has 2 rings (SSSR count). The van der Waals surface area contributed by atoms with Gasteiger partial charge in [0.25, 0.3) is 0 Å². The van der Waals surface area contributed by atoms with Crippen LogP contribution in [0.15, 0.2) is 12.1 Å². The number of amides is 1. The predicted octanol–water partition coefficient (Wildman–Crippen LogP) is 1.48. The van der Waals surface area contributed by atoms with E-state index in [1.165, 1.54) is 19.1 Å². The third-order valence-corrected chi connectivity index (χ3v) is 4.71. The minimum atomic E-state index is -3.46. The lowest BCUT2D eigenvalue weighted by molar-refractivity contribution is -0.115. The Hall–Kier alpha value is -1.47. The van der Waals surface area contributed by atoms with Gasteiger partial charge in [0.2, 0.25) is 5.91 Å². The number of hydrogen-bond donors (Lipinski definition) is 1. The second kappa shape index (κ2) is 5.49. The van der Waals surface area contributed by atoms with Crippen LogP contribution >= 0.6 is 11.6 Å². The Balaban J connectivity index is 2.24. The van der Waals surface area contributed by atoms with E-state index >= 15 is 0 Å². The van der Waals surface area contributed by atoms with Crippen molar-refractivity contribution in [1.82, 2.24) is 0 Å². The Morgan fingerprint density at radius 2 is 1.85 bits per heavy atom. The number of anilines is 1. The number of nitrogens with one attached hydrogen (secondary N) is 1. The Morgan fingerprint density at radius 3 is 2.40 bits per heavy atom. The first-order valence-electron chi connectivity index (χ1n) is 5.88. The largest absolute Gasteiger partial charge is 0.486 e. The Kier molecular flexibility index (Phi) is 4.10. The molecule has 1 N–H and O–H groups in total. The quantitative estimate of drug-likeness (QED) is 0.912. The Morgan fingerprint density at radius 1 is 1.30 bits per heavy atom. The summed E-state index contributed by atoms with van der Waals surface area (Å²) in [6.45, 7) is 2.15. The van der Waals surface area contributed by atoms with E-state index in [2.05, 4.69) is 5.32 Å². The van der Waals surface area contributed by atoms with Gasteiger partial charge in [0.05, 0.1) is 10.7 Å². The topological polar surface area (TPSA) is 81.7 Å². The average molecular weight is 320 g/mol. The molecule has 20 heavy (non-hydrogen) atoms. The van der Waals surface area contributed by atoms with E-state index in [0.717, 1.165) is 6.26 Å². The molecular weight excluding hydrogens is 306 g/mol. The first-order chi connectivity index (χ1) is 9.29. The molecule has 1 aliphatic rings. The summed E-state index contributed by atoms with van der Waals surface area (Å²) in [5.74, 6) is 0.310. The van der Waals surface area contributed by atoms with Crippen molar-refractivity contribution in [2.75, 3.05) is 24.8 Å². The molecule has 1 atom stereocenters. The molecule has 0 saturated carbocycles. The number of ether oxygens (including phenoxy) is 2. The fourth-order valence-corrected chi connectivity index (χ4v) is 2.24. The molecule has 1 aromatic rings. The Bertz CT molecular complexity index is 643. The maximum absolute atomic E-state index is 11.9. The molecule has 8 heteroatoms. The summed E-state index contributed by atoms with van der Waals surface area (Å²) in [6, 6.07) is 3.04. The smallest absolute Gasteiger partial charge is 0.242 e. The van der Waals surface area contributed by atoms with Crippen LogP contribution in [0.4, 0.5) is 5.69 Å². The number of sulfone groups is 1. The third kappa shape index (κ3) is 3.16. The molecule has 0 bridgehead atoms. The zero-order chi connectivity index (χ0) is 14.9. The highest BCUT2D eigenvalue weighted by Gasteiger charge is 2.25. The van der Waals surface area contributed by atoms with Gasteiger partial charge in [0, 0.05) is 18.4 Å². The molecule has 1 aromatic carbocycles. The molecule has 0 aromatic heterocycles. The summed E-state index contributed by atoms with van der Waals surface area (Å²) >= 11 is 6.02. The standard InChI is InChI=1S/C12H14ClNO5S/c1-7(20(2,16)17)12(15)14-9-6-11-10(5-8(9)13)18-3-4-19-11/h5-7H,3-4H2,1-2H3,(H,14,15). The molecule has 0 aliphatic carbocycles. The number of carbonyl (C=O) groups excluding carboxylic acids is 1. The van der Waals surface area contributed by atoms with E-state index < -0.39 is 21.0 Å². The van der Waals surface area contributed by atoms with Crippen LogP contribution in [-0.2, 0) is 14.6 Å².